The van der Waals surface area contributed by atoms with Gasteiger partial charge in [-0.25, -0.2) is 8.42 Å². The molecule has 0 aliphatic carbocycles. The second-order valence-electron chi connectivity index (χ2n) is 3.82. The van der Waals surface area contributed by atoms with E-state index in [1.165, 1.54) is 18.2 Å². The van der Waals surface area contributed by atoms with Crippen LogP contribution in [0.1, 0.15) is 5.56 Å². The second kappa shape index (κ2) is 5.78. The highest BCUT2D eigenvalue weighted by Gasteiger charge is 2.18. The summed E-state index contributed by atoms with van der Waals surface area (Å²) < 4.78 is 24.1. The van der Waals surface area contributed by atoms with E-state index in [2.05, 4.69) is 0 Å². The van der Waals surface area contributed by atoms with Crippen LogP contribution in [0.15, 0.2) is 63.9 Å². The van der Waals surface area contributed by atoms with Crippen molar-refractivity contribution in [1.82, 2.24) is 0 Å². The minimum atomic E-state index is -3.65. The zero-order valence-corrected chi connectivity index (χ0v) is 12.1. The summed E-state index contributed by atoms with van der Waals surface area (Å²) in [6, 6.07) is 14.8. The van der Waals surface area contributed by atoms with E-state index < -0.39 is 9.84 Å². The molecule has 2 nitrogen and oxygen atoms in total. The van der Waals surface area contributed by atoms with Crippen molar-refractivity contribution in [1.29, 1.82) is 0 Å². The largest absolute Gasteiger partial charge is 0.218 e. The van der Waals surface area contributed by atoms with Crippen LogP contribution >= 0.6 is 23.2 Å². The third-order valence-corrected chi connectivity index (χ3v) is 4.95. The number of benzene rings is 2. The van der Waals surface area contributed by atoms with Gasteiger partial charge in [-0.05, 0) is 35.9 Å². The first-order valence-electron chi connectivity index (χ1n) is 5.43. The molecule has 98 valence electrons. The maximum atomic E-state index is 12.2. The molecule has 2 rings (SSSR count). The van der Waals surface area contributed by atoms with Gasteiger partial charge in [-0.2, -0.15) is 0 Å². The number of hydrogen-bond donors (Lipinski definition) is 0. The van der Waals surface area contributed by atoms with E-state index in [1.54, 1.807) is 42.5 Å². The first-order chi connectivity index (χ1) is 9.00. The normalized spacial score (nSPS) is 12.4. The van der Waals surface area contributed by atoms with Crippen LogP contribution in [-0.2, 0) is 9.84 Å². The van der Waals surface area contributed by atoms with Gasteiger partial charge in [0, 0.05) is 5.02 Å². The van der Waals surface area contributed by atoms with Gasteiger partial charge in [0.2, 0.25) is 9.84 Å². The number of hydrogen-bond acceptors (Lipinski definition) is 2. The molecule has 0 spiro atoms. The van der Waals surface area contributed by atoms with Crippen LogP contribution in [0.2, 0.25) is 5.02 Å². The van der Waals surface area contributed by atoms with Crippen LogP contribution in [0.25, 0.3) is 6.08 Å². The fourth-order valence-corrected chi connectivity index (χ4v) is 3.03. The van der Waals surface area contributed by atoms with Crippen molar-refractivity contribution in [3.8, 4) is 0 Å². The quantitative estimate of drug-likeness (QED) is 0.844. The highest BCUT2D eigenvalue weighted by molar-refractivity contribution is 7.97. The lowest BCUT2D eigenvalue weighted by Gasteiger charge is -2.03. The number of sulfone groups is 1. The minimum absolute atomic E-state index is 0.171. The van der Waals surface area contributed by atoms with Gasteiger partial charge in [0.05, 0.1) is 4.90 Å². The van der Waals surface area contributed by atoms with Gasteiger partial charge in [-0.1, -0.05) is 53.5 Å². The topological polar surface area (TPSA) is 34.1 Å². The number of rotatable bonds is 3. The average Bonchev–Trinajstić information content (AvgIpc) is 2.42. The van der Waals surface area contributed by atoms with E-state index in [-0.39, 0.29) is 9.26 Å². The van der Waals surface area contributed by atoms with Crippen molar-refractivity contribution in [3.05, 3.63) is 69.5 Å². The van der Waals surface area contributed by atoms with Crippen LogP contribution in [0, 0.1) is 0 Å². The third-order valence-electron chi connectivity index (χ3n) is 2.46. The van der Waals surface area contributed by atoms with Gasteiger partial charge in [0.1, 0.15) is 4.36 Å². The smallest absolute Gasteiger partial charge is 0.217 e. The Labute approximate surface area is 122 Å². The maximum absolute atomic E-state index is 12.2. The zero-order chi connectivity index (χ0) is 13.9. The fraction of sp³-hybridized carbons (Fsp3) is 0. The monoisotopic (exact) mass is 312 g/mol. The predicted molar refractivity (Wildman–Crippen MR) is 78.9 cm³/mol. The molecule has 0 heterocycles. The van der Waals surface area contributed by atoms with E-state index in [0.29, 0.717) is 10.6 Å². The molecule has 0 bridgehead atoms. The molecular weight excluding hydrogens is 303 g/mol. The third kappa shape index (κ3) is 3.38. The van der Waals surface area contributed by atoms with Crippen molar-refractivity contribution < 1.29 is 8.42 Å². The van der Waals surface area contributed by atoms with Crippen LogP contribution < -0.4 is 0 Å². The number of halogens is 2. The first-order valence-corrected chi connectivity index (χ1v) is 7.67. The molecule has 2 aromatic carbocycles. The Morgan fingerprint density at radius 3 is 2.11 bits per heavy atom. The summed E-state index contributed by atoms with van der Waals surface area (Å²) in [5, 5.41) is 0.583. The molecule has 0 aromatic heterocycles. The zero-order valence-electron chi connectivity index (χ0n) is 9.75. The molecule has 0 atom stereocenters. The van der Waals surface area contributed by atoms with Crippen LogP contribution in [-0.4, -0.2) is 8.42 Å². The molecule has 0 saturated carbocycles. The summed E-state index contributed by atoms with van der Waals surface area (Å²) in [7, 11) is -3.65. The lowest BCUT2D eigenvalue weighted by atomic mass is 10.2. The van der Waals surface area contributed by atoms with Crippen molar-refractivity contribution in [3.63, 3.8) is 0 Å². The second-order valence-corrected chi connectivity index (χ2v) is 6.80. The van der Waals surface area contributed by atoms with Gasteiger partial charge in [0.25, 0.3) is 0 Å². The van der Waals surface area contributed by atoms with Gasteiger partial charge in [-0.15, -0.1) is 0 Å². The Bertz CT molecular complexity index is 690. The molecule has 5 heteroatoms. The summed E-state index contributed by atoms with van der Waals surface area (Å²) in [5.41, 5.74) is 0.675. The maximum Gasteiger partial charge on any atom is 0.217 e. The van der Waals surface area contributed by atoms with E-state index in [4.69, 9.17) is 23.2 Å². The molecular formula is C14H10Cl2O2S. The molecule has 0 saturated heterocycles. The van der Waals surface area contributed by atoms with E-state index in [1.807, 2.05) is 0 Å². The van der Waals surface area contributed by atoms with Gasteiger partial charge in [0.15, 0.2) is 0 Å². The summed E-state index contributed by atoms with van der Waals surface area (Å²) in [5.74, 6) is 0. The Morgan fingerprint density at radius 1 is 0.947 bits per heavy atom. The van der Waals surface area contributed by atoms with Gasteiger partial charge >= 0.3 is 0 Å². The Morgan fingerprint density at radius 2 is 1.53 bits per heavy atom. The van der Waals surface area contributed by atoms with Crippen molar-refractivity contribution in [2.75, 3.05) is 0 Å². The lowest BCUT2D eigenvalue weighted by molar-refractivity contribution is 0.604. The molecule has 0 radical (unpaired) electrons. The Hall–Kier alpha value is -1.29. The van der Waals surface area contributed by atoms with Gasteiger partial charge < -0.3 is 0 Å². The molecule has 0 unspecified atom stereocenters. The van der Waals surface area contributed by atoms with Crippen molar-refractivity contribution in [2.24, 2.45) is 0 Å². The molecule has 0 aliphatic rings. The van der Waals surface area contributed by atoms with Crippen molar-refractivity contribution >= 4 is 39.1 Å². The van der Waals surface area contributed by atoms with Crippen LogP contribution in [0.4, 0.5) is 0 Å². The summed E-state index contributed by atoms with van der Waals surface area (Å²) in [6.45, 7) is 0. The fourth-order valence-electron chi connectivity index (χ4n) is 1.48. The molecule has 0 N–H and O–H groups in total. The Balaban J connectivity index is 2.38. The molecule has 0 fully saturated rings. The molecule has 2 aromatic rings. The summed E-state index contributed by atoms with van der Waals surface area (Å²) in [4.78, 5) is 0.171. The van der Waals surface area contributed by atoms with Crippen LogP contribution in [0.3, 0.4) is 0 Å². The minimum Gasteiger partial charge on any atom is -0.218 e. The highest BCUT2D eigenvalue weighted by atomic mass is 35.5. The summed E-state index contributed by atoms with van der Waals surface area (Å²) >= 11 is 11.7. The van der Waals surface area contributed by atoms with Crippen LogP contribution in [0.5, 0.6) is 0 Å². The average molecular weight is 313 g/mol. The standard InChI is InChI=1S/C14H10Cl2O2S/c15-12-8-6-11(7-9-12)10-14(16)19(17,18)13-4-2-1-3-5-13/h1-10H/b14-10+. The van der Waals surface area contributed by atoms with E-state index in [0.717, 1.165) is 0 Å². The first kappa shape index (κ1) is 14.1. The highest BCUT2D eigenvalue weighted by Crippen LogP contribution is 2.24. The summed E-state index contributed by atoms with van der Waals surface area (Å²) in [6.07, 6.45) is 1.40. The predicted octanol–water partition coefficient (Wildman–Crippen LogP) is 4.35. The van der Waals surface area contributed by atoms with E-state index >= 15 is 0 Å². The molecule has 0 amide bonds. The Kier molecular flexibility index (Phi) is 4.30. The molecule has 19 heavy (non-hydrogen) atoms. The SMILES string of the molecule is O=S(=O)(/C(Cl)=C/c1ccc(Cl)cc1)c1ccccc1. The lowest BCUT2D eigenvalue weighted by Crippen LogP contribution is -2.00. The van der Waals surface area contributed by atoms with Crippen molar-refractivity contribution in [2.45, 2.75) is 4.90 Å². The van der Waals surface area contributed by atoms with E-state index in [9.17, 15) is 8.42 Å². The molecule has 0 aliphatic heterocycles. The van der Waals surface area contributed by atoms with Gasteiger partial charge in [-0.3, -0.25) is 0 Å².